The molecule has 0 aliphatic rings. The van der Waals surface area contributed by atoms with E-state index in [2.05, 4.69) is 21.1 Å². The predicted molar refractivity (Wildman–Crippen MR) is 132 cm³/mol. The van der Waals surface area contributed by atoms with Gasteiger partial charge in [-0.25, -0.2) is 10.9 Å². The first kappa shape index (κ1) is 24.5. The minimum Gasteiger partial charge on any atom is -0.273 e. The standard InChI is InChI=1S/C26H30N4O2/c31-25(29-27-21-11-17-23-13-5-3-6-14-23)19-9-1-2-10-20-26(32)30-28-22-12-18-24-15-7-4-8-16-24/h3-8,11-18,21-22H,1-2,9-10,19-20H2,(H,29,31)(H,30,32)/b17-11+,18-12+,27-21-,28-22-. The maximum absolute atomic E-state index is 11.7. The van der Waals surface area contributed by atoms with Crippen molar-refractivity contribution in [2.24, 2.45) is 10.2 Å². The molecule has 0 heterocycles. The zero-order chi connectivity index (χ0) is 22.7. The highest BCUT2D eigenvalue weighted by Gasteiger charge is 2.01. The molecule has 0 saturated carbocycles. The molecule has 0 bridgehead atoms. The highest BCUT2D eigenvalue weighted by atomic mass is 16.2. The van der Waals surface area contributed by atoms with Crippen LogP contribution in [0.2, 0.25) is 0 Å². The van der Waals surface area contributed by atoms with Gasteiger partial charge in [0.15, 0.2) is 0 Å². The summed E-state index contributed by atoms with van der Waals surface area (Å²) in [5, 5.41) is 7.80. The van der Waals surface area contributed by atoms with Gasteiger partial charge in [0.1, 0.15) is 0 Å². The van der Waals surface area contributed by atoms with Crippen molar-refractivity contribution in [2.75, 3.05) is 0 Å². The summed E-state index contributed by atoms with van der Waals surface area (Å²) in [6.07, 6.45) is 14.7. The molecule has 0 saturated heterocycles. The zero-order valence-electron chi connectivity index (χ0n) is 18.2. The third-order valence-corrected chi connectivity index (χ3v) is 4.43. The van der Waals surface area contributed by atoms with Gasteiger partial charge < -0.3 is 0 Å². The quantitative estimate of drug-likeness (QED) is 0.267. The van der Waals surface area contributed by atoms with Crippen molar-refractivity contribution in [3.63, 3.8) is 0 Å². The average molecular weight is 431 g/mol. The summed E-state index contributed by atoms with van der Waals surface area (Å²) in [5.74, 6) is -0.213. The van der Waals surface area contributed by atoms with Crippen molar-refractivity contribution < 1.29 is 9.59 Å². The third kappa shape index (κ3) is 12.0. The molecule has 6 heteroatoms. The molecule has 0 aliphatic heterocycles. The second kappa shape index (κ2) is 16.0. The summed E-state index contributed by atoms with van der Waals surface area (Å²) in [6, 6.07) is 19.7. The van der Waals surface area contributed by atoms with E-state index in [-0.39, 0.29) is 11.8 Å². The van der Waals surface area contributed by atoms with Crippen LogP contribution in [0.25, 0.3) is 12.2 Å². The number of nitrogens with one attached hydrogen (secondary N) is 2. The highest BCUT2D eigenvalue weighted by Crippen LogP contribution is 2.05. The third-order valence-electron chi connectivity index (χ3n) is 4.43. The lowest BCUT2D eigenvalue weighted by atomic mass is 10.1. The van der Waals surface area contributed by atoms with Gasteiger partial charge in [-0.05, 0) is 36.1 Å². The first-order chi connectivity index (χ1) is 15.7. The first-order valence-electron chi connectivity index (χ1n) is 10.8. The predicted octanol–water partition coefficient (Wildman–Crippen LogP) is 4.96. The fourth-order valence-electron chi connectivity index (χ4n) is 2.78. The van der Waals surface area contributed by atoms with Gasteiger partial charge >= 0.3 is 0 Å². The summed E-state index contributed by atoms with van der Waals surface area (Å²) >= 11 is 0. The van der Waals surface area contributed by atoms with Gasteiger partial charge in [0.05, 0.1) is 0 Å². The fraction of sp³-hybridized carbons (Fsp3) is 0.231. The lowest BCUT2D eigenvalue weighted by Crippen LogP contribution is -2.17. The second-order valence-corrected chi connectivity index (χ2v) is 7.08. The van der Waals surface area contributed by atoms with Gasteiger partial charge in [0.25, 0.3) is 0 Å². The van der Waals surface area contributed by atoms with Crippen molar-refractivity contribution in [1.29, 1.82) is 0 Å². The maximum atomic E-state index is 11.7. The van der Waals surface area contributed by atoms with Crippen LogP contribution in [0.15, 0.2) is 83.0 Å². The molecule has 2 rings (SSSR count). The van der Waals surface area contributed by atoms with Crippen LogP contribution in [0, 0.1) is 0 Å². The Morgan fingerprint density at radius 2 is 1.03 bits per heavy atom. The number of benzene rings is 2. The number of carbonyl (C=O) groups excluding carboxylic acids is 2. The van der Waals surface area contributed by atoms with E-state index in [0.717, 1.165) is 36.8 Å². The minimum atomic E-state index is -0.106. The van der Waals surface area contributed by atoms with Crippen molar-refractivity contribution in [3.05, 3.63) is 83.9 Å². The zero-order valence-corrected chi connectivity index (χ0v) is 18.2. The van der Waals surface area contributed by atoms with E-state index >= 15 is 0 Å². The molecule has 32 heavy (non-hydrogen) atoms. The Balaban J connectivity index is 1.45. The van der Waals surface area contributed by atoms with Crippen molar-refractivity contribution in [3.8, 4) is 0 Å². The molecule has 0 atom stereocenters. The monoisotopic (exact) mass is 430 g/mol. The normalized spacial score (nSPS) is 11.6. The Morgan fingerprint density at radius 3 is 1.44 bits per heavy atom. The molecule has 0 spiro atoms. The van der Waals surface area contributed by atoms with Gasteiger partial charge in [-0.15, -0.1) is 0 Å². The Bertz CT molecular complexity index is 842. The molecular weight excluding hydrogens is 400 g/mol. The van der Waals surface area contributed by atoms with Crippen molar-refractivity contribution in [2.45, 2.75) is 38.5 Å². The molecule has 0 unspecified atom stereocenters. The van der Waals surface area contributed by atoms with E-state index in [9.17, 15) is 9.59 Å². The number of unbranched alkanes of at least 4 members (excludes halogenated alkanes) is 3. The van der Waals surface area contributed by atoms with Crippen LogP contribution < -0.4 is 10.9 Å². The summed E-state index contributed by atoms with van der Waals surface area (Å²) in [4.78, 5) is 23.5. The van der Waals surface area contributed by atoms with Crippen LogP contribution in [-0.2, 0) is 9.59 Å². The maximum Gasteiger partial charge on any atom is 0.240 e. The molecule has 6 nitrogen and oxygen atoms in total. The van der Waals surface area contributed by atoms with Crippen LogP contribution >= 0.6 is 0 Å². The number of allylic oxidation sites excluding steroid dienone is 2. The van der Waals surface area contributed by atoms with Gasteiger partial charge in [0, 0.05) is 25.3 Å². The van der Waals surface area contributed by atoms with Crippen LogP contribution in [-0.4, -0.2) is 24.2 Å². The van der Waals surface area contributed by atoms with Crippen molar-refractivity contribution in [1.82, 2.24) is 10.9 Å². The number of hydrogen-bond acceptors (Lipinski definition) is 4. The number of carbonyl (C=O) groups is 2. The van der Waals surface area contributed by atoms with Gasteiger partial charge in [-0.2, -0.15) is 10.2 Å². The summed E-state index contributed by atoms with van der Waals surface area (Å²) < 4.78 is 0. The van der Waals surface area contributed by atoms with Gasteiger partial charge in [0.2, 0.25) is 11.8 Å². The van der Waals surface area contributed by atoms with Crippen molar-refractivity contribution >= 4 is 36.4 Å². The van der Waals surface area contributed by atoms with Crippen LogP contribution in [0.5, 0.6) is 0 Å². The molecule has 0 aliphatic carbocycles. The summed E-state index contributed by atoms with van der Waals surface area (Å²) in [6.45, 7) is 0. The van der Waals surface area contributed by atoms with Crippen LogP contribution in [0.3, 0.4) is 0 Å². The molecule has 2 amide bonds. The highest BCUT2D eigenvalue weighted by molar-refractivity contribution is 5.82. The molecule has 0 fully saturated rings. The van der Waals surface area contributed by atoms with Gasteiger partial charge in [-0.1, -0.05) is 85.7 Å². The van der Waals surface area contributed by atoms with E-state index in [1.54, 1.807) is 24.6 Å². The first-order valence-corrected chi connectivity index (χ1v) is 10.8. The molecule has 0 radical (unpaired) electrons. The number of hydrogen-bond donors (Lipinski definition) is 2. The molecule has 2 N–H and O–H groups in total. The Hall–Kier alpha value is -3.80. The molecular formula is C26H30N4O2. The SMILES string of the molecule is O=C(CCCCCCC(=O)N/N=C\C=C\c1ccccc1)N/N=C\C=C\c1ccccc1. The van der Waals surface area contributed by atoms with Gasteiger partial charge in [-0.3, -0.25) is 9.59 Å². The lowest BCUT2D eigenvalue weighted by Gasteiger charge is -2.01. The van der Waals surface area contributed by atoms with E-state index in [1.807, 2.05) is 72.8 Å². The molecule has 2 aromatic carbocycles. The largest absolute Gasteiger partial charge is 0.273 e. The van der Waals surface area contributed by atoms with Crippen LogP contribution in [0.1, 0.15) is 49.7 Å². The van der Waals surface area contributed by atoms with E-state index in [1.165, 1.54) is 0 Å². The number of nitrogens with zero attached hydrogens (tertiary/aromatic N) is 2. The number of hydrazone groups is 2. The number of amides is 2. The number of rotatable bonds is 13. The second-order valence-electron chi connectivity index (χ2n) is 7.08. The lowest BCUT2D eigenvalue weighted by molar-refractivity contribution is -0.122. The molecule has 0 aromatic heterocycles. The minimum absolute atomic E-state index is 0.106. The van der Waals surface area contributed by atoms with E-state index in [4.69, 9.17) is 0 Å². The van der Waals surface area contributed by atoms with E-state index < -0.39 is 0 Å². The average Bonchev–Trinajstić information content (AvgIpc) is 2.82. The fourth-order valence-corrected chi connectivity index (χ4v) is 2.78. The Morgan fingerprint density at radius 1 is 0.625 bits per heavy atom. The summed E-state index contributed by atoms with van der Waals surface area (Å²) in [7, 11) is 0. The van der Waals surface area contributed by atoms with Crippen LogP contribution in [0.4, 0.5) is 0 Å². The molecule has 2 aromatic rings. The Kier molecular flexibility index (Phi) is 12.2. The Labute approximate surface area is 189 Å². The molecule has 166 valence electrons. The smallest absolute Gasteiger partial charge is 0.240 e. The summed E-state index contributed by atoms with van der Waals surface area (Å²) in [5.41, 5.74) is 7.18. The van der Waals surface area contributed by atoms with E-state index in [0.29, 0.717) is 12.8 Å². The topological polar surface area (TPSA) is 82.9 Å².